The highest BCUT2D eigenvalue weighted by Gasteiger charge is 2.36. The number of rotatable bonds is 5. The molecule has 1 unspecified atom stereocenters. The minimum absolute atomic E-state index is 0. The van der Waals surface area contributed by atoms with E-state index in [9.17, 15) is 4.79 Å². The van der Waals surface area contributed by atoms with Gasteiger partial charge in [0.25, 0.3) is 0 Å². The summed E-state index contributed by atoms with van der Waals surface area (Å²) in [6, 6.07) is 8.02. The molecule has 2 rings (SSSR count). The average molecular weight is 362 g/mol. The Morgan fingerprint density at radius 2 is 2.15 bits per heavy atom. The third-order valence-corrected chi connectivity index (χ3v) is 4.37. The molecule has 0 saturated heterocycles. The number of hydrogen-bond donors (Lipinski definition) is 2. The lowest BCUT2D eigenvalue weighted by molar-refractivity contribution is -0.126. The van der Waals surface area contributed by atoms with Gasteiger partial charge in [0, 0.05) is 17.1 Å². The van der Waals surface area contributed by atoms with Crippen LogP contribution < -0.4 is 11.1 Å². The van der Waals surface area contributed by atoms with Gasteiger partial charge in [0.15, 0.2) is 0 Å². The lowest BCUT2D eigenvalue weighted by atomic mass is 9.83. The summed E-state index contributed by atoms with van der Waals surface area (Å²) in [5, 5.41) is 3.11. The molecule has 5 heteroatoms. The maximum atomic E-state index is 12.5. The summed E-state index contributed by atoms with van der Waals surface area (Å²) in [5.41, 5.74) is 6.20. The predicted octanol–water partition coefficient (Wildman–Crippen LogP) is 3.00. The number of hydrogen-bond acceptors (Lipinski definition) is 2. The molecule has 0 bridgehead atoms. The number of nitrogens with two attached hydrogens (primary N) is 1. The van der Waals surface area contributed by atoms with Crippen LogP contribution in [0.5, 0.6) is 0 Å². The molecule has 20 heavy (non-hydrogen) atoms. The number of amides is 1. The third-order valence-electron chi connectivity index (χ3n) is 3.88. The van der Waals surface area contributed by atoms with E-state index in [2.05, 4.69) is 21.2 Å². The number of benzene rings is 1. The second-order valence-electron chi connectivity index (χ2n) is 5.79. The van der Waals surface area contributed by atoms with Crippen LogP contribution in [-0.4, -0.2) is 18.5 Å². The summed E-state index contributed by atoms with van der Waals surface area (Å²) in [6.45, 7) is 4.42. The van der Waals surface area contributed by atoms with Crippen LogP contribution in [-0.2, 0) is 10.2 Å². The minimum atomic E-state index is -0.550. The summed E-state index contributed by atoms with van der Waals surface area (Å²) in [4.78, 5) is 12.5. The second kappa shape index (κ2) is 6.92. The number of carbonyl (C=O) groups excluding carboxylic acids is 1. The van der Waals surface area contributed by atoms with Gasteiger partial charge < -0.3 is 11.1 Å². The molecule has 1 saturated carbocycles. The Kier molecular flexibility index (Phi) is 6.05. The zero-order valence-corrected chi connectivity index (χ0v) is 14.3. The van der Waals surface area contributed by atoms with Crippen molar-refractivity contribution in [3.05, 3.63) is 34.3 Å². The second-order valence-corrected chi connectivity index (χ2v) is 6.70. The van der Waals surface area contributed by atoms with Gasteiger partial charge in [-0.15, -0.1) is 12.4 Å². The Morgan fingerprint density at radius 3 is 2.65 bits per heavy atom. The monoisotopic (exact) mass is 360 g/mol. The van der Waals surface area contributed by atoms with E-state index in [0.717, 1.165) is 10.0 Å². The Balaban J connectivity index is 0.00000200. The fourth-order valence-electron chi connectivity index (χ4n) is 2.22. The summed E-state index contributed by atoms with van der Waals surface area (Å²) in [7, 11) is 0. The average Bonchev–Trinajstić information content (AvgIpc) is 3.19. The molecule has 3 N–H and O–H groups in total. The first-order valence-corrected chi connectivity index (χ1v) is 7.51. The van der Waals surface area contributed by atoms with E-state index in [1.54, 1.807) is 0 Å². The molecule has 1 aromatic rings. The van der Waals surface area contributed by atoms with Gasteiger partial charge in [-0.1, -0.05) is 28.1 Å². The first-order valence-electron chi connectivity index (χ1n) is 6.72. The van der Waals surface area contributed by atoms with E-state index in [-0.39, 0.29) is 24.4 Å². The molecule has 0 radical (unpaired) electrons. The van der Waals surface area contributed by atoms with Gasteiger partial charge in [-0.3, -0.25) is 4.79 Å². The SMILES string of the molecule is CC(C)(C(=O)NC(CN)C1CC1)c1cccc(Br)c1.Cl. The molecule has 1 fully saturated rings. The predicted molar refractivity (Wildman–Crippen MR) is 88.1 cm³/mol. The molecular weight excluding hydrogens is 340 g/mol. The maximum absolute atomic E-state index is 12.5. The van der Waals surface area contributed by atoms with E-state index in [1.807, 2.05) is 38.1 Å². The summed E-state index contributed by atoms with van der Waals surface area (Å²) >= 11 is 3.45. The standard InChI is InChI=1S/C15H21BrN2O.ClH/c1-15(2,11-4-3-5-12(16)8-11)14(19)18-13(9-17)10-6-7-10;/h3-5,8,10,13H,6-7,9,17H2,1-2H3,(H,18,19);1H. The van der Waals surface area contributed by atoms with E-state index in [4.69, 9.17) is 5.73 Å². The molecular formula is C15H22BrClN2O. The summed E-state index contributed by atoms with van der Waals surface area (Å²) in [5.74, 6) is 0.625. The molecule has 0 heterocycles. The molecule has 0 aliphatic heterocycles. The highest BCUT2D eigenvalue weighted by atomic mass is 79.9. The zero-order chi connectivity index (χ0) is 14.0. The molecule has 1 amide bonds. The van der Waals surface area contributed by atoms with Crippen LogP contribution in [0.2, 0.25) is 0 Å². The molecule has 0 aromatic heterocycles. The van der Waals surface area contributed by atoms with Crippen LogP contribution >= 0.6 is 28.3 Å². The van der Waals surface area contributed by atoms with Gasteiger partial charge >= 0.3 is 0 Å². The van der Waals surface area contributed by atoms with Crippen molar-refractivity contribution < 1.29 is 4.79 Å². The van der Waals surface area contributed by atoms with Crippen LogP contribution in [0.25, 0.3) is 0 Å². The number of halogens is 2. The van der Waals surface area contributed by atoms with Crippen molar-refractivity contribution in [1.29, 1.82) is 0 Å². The topological polar surface area (TPSA) is 55.1 Å². The van der Waals surface area contributed by atoms with Crippen molar-refractivity contribution >= 4 is 34.2 Å². The summed E-state index contributed by atoms with van der Waals surface area (Å²) in [6.07, 6.45) is 2.36. The van der Waals surface area contributed by atoms with E-state index in [0.29, 0.717) is 12.5 Å². The van der Waals surface area contributed by atoms with Crippen molar-refractivity contribution in [2.24, 2.45) is 11.7 Å². The molecule has 0 spiro atoms. The Morgan fingerprint density at radius 1 is 1.50 bits per heavy atom. The number of carbonyl (C=O) groups is 1. The van der Waals surface area contributed by atoms with Crippen LogP contribution in [0.15, 0.2) is 28.7 Å². The van der Waals surface area contributed by atoms with Crippen molar-refractivity contribution in [1.82, 2.24) is 5.32 Å². The van der Waals surface area contributed by atoms with Gasteiger partial charge in [0.2, 0.25) is 5.91 Å². The highest BCUT2D eigenvalue weighted by molar-refractivity contribution is 9.10. The highest BCUT2D eigenvalue weighted by Crippen LogP contribution is 2.33. The Labute approximate surface area is 135 Å². The van der Waals surface area contributed by atoms with Crippen molar-refractivity contribution in [3.8, 4) is 0 Å². The molecule has 1 atom stereocenters. The fourth-order valence-corrected chi connectivity index (χ4v) is 2.62. The van der Waals surface area contributed by atoms with Gasteiger partial charge in [0.1, 0.15) is 0 Å². The van der Waals surface area contributed by atoms with Crippen LogP contribution in [0.3, 0.4) is 0 Å². The lowest BCUT2D eigenvalue weighted by Crippen LogP contribution is -2.48. The minimum Gasteiger partial charge on any atom is -0.351 e. The zero-order valence-electron chi connectivity index (χ0n) is 11.9. The van der Waals surface area contributed by atoms with E-state index < -0.39 is 5.41 Å². The molecule has 1 aromatic carbocycles. The largest absolute Gasteiger partial charge is 0.351 e. The first-order chi connectivity index (χ1) is 8.95. The number of nitrogens with one attached hydrogen (secondary N) is 1. The first kappa shape index (κ1) is 17.5. The van der Waals surface area contributed by atoms with Crippen LogP contribution in [0.1, 0.15) is 32.3 Å². The smallest absolute Gasteiger partial charge is 0.230 e. The van der Waals surface area contributed by atoms with Gasteiger partial charge in [-0.25, -0.2) is 0 Å². The lowest BCUT2D eigenvalue weighted by Gasteiger charge is -2.27. The van der Waals surface area contributed by atoms with Gasteiger partial charge in [0.05, 0.1) is 5.41 Å². The van der Waals surface area contributed by atoms with E-state index in [1.165, 1.54) is 12.8 Å². The normalized spacial score (nSPS) is 16.2. The van der Waals surface area contributed by atoms with Crippen molar-refractivity contribution in [2.75, 3.05) is 6.54 Å². The molecule has 112 valence electrons. The van der Waals surface area contributed by atoms with Gasteiger partial charge in [-0.05, 0) is 50.3 Å². The van der Waals surface area contributed by atoms with Crippen molar-refractivity contribution in [2.45, 2.75) is 38.1 Å². The van der Waals surface area contributed by atoms with E-state index >= 15 is 0 Å². The Bertz CT molecular complexity index is 475. The Hall–Kier alpha value is -0.580. The maximum Gasteiger partial charge on any atom is 0.230 e. The molecule has 1 aliphatic carbocycles. The molecule has 1 aliphatic rings. The van der Waals surface area contributed by atoms with Crippen LogP contribution in [0, 0.1) is 5.92 Å². The molecule has 3 nitrogen and oxygen atoms in total. The van der Waals surface area contributed by atoms with Crippen LogP contribution in [0.4, 0.5) is 0 Å². The van der Waals surface area contributed by atoms with Crippen molar-refractivity contribution in [3.63, 3.8) is 0 Å². The third kappa shape index (κ3) is 3.96. The summed E-state index contributed by atoms with van der Waals surface area (Å²) < 4.78 is 0.989. The van der Waals surface area contributed by atoms with Gasteiger partial charge in [-0.2, -0.15) is 0 Å². The quantitative estimate of drug-likeness (QED) is 0.847. The fraction of sp³-hybridized carbons (Fsp3) is 0.533.